The van der Waals surface area contributed by atoms with Crippen LogP contribution in [-0.4, -0.2) is 18.5 Å². The second kappa shape index (κ2) is 7.04. The van der Waals surface area contributed by atoms with Gasteiger partial charge in [-0.25, -0.2) is 4.79 Å². The zero-order valence-corrected chi connectivity index (χ0v) is 12.8. The van der Waals surface area contributed by atoms with Gasteiger partial charge in [0.2, 0.25) is 0 Å². The summed E-state index contributed by atoms with van der Waals surface area (Å²) in [6.07, 6.45) is 0. The summed E-state index contributed by atoms with van der Waals surface area (Å²) in [7, 11) is 0. The molecule has 0 aliphatic carbocycles. The number of carbonyl (C=O) groups is 2. The lowest BCUT2D eigenvalue weighted by Gasteiger charge is -2.14. The number of aryl methyl sites for hydroxylation is 1. The number of hydrogen-bond donors (Lipinski definition) is 1. The van der Waals surface area contributed by atoms with E-state index in [0.717, 1.165) is 5.56 Å². The normalized spacial score (nSPS) is 11.7. The average molecular weight is 303 g/mol. The Morgan fingerprint density at radius 3 is 2.57 bits per heavy atom. The first-order chi connectivity index (χ1) is 10.1. The van der Waals surface area contributed by atoms with Gasteiger partial charge in [-0.2, -0.15) is 11.3 Å². The molecule has 2 rings (SSSR count). The topological polar surface area (TPSA) is 55.4 Å². The predicted octanol–water partition coefficient (Wildman–Crippen LogP) is 3.09. The van der Waals surface area contributed by atoms with Crippen molar-refractivity contribution >= 4 is 23.2 Å². The van der Waals surface area contributed by atoms with Crippen molar-refractivity contribution < 1.29 is 14.3 Å². The van der Waals surface area contributed by atoms with E-state index in [1.165, 1.54) is 16.9 Å². The molecule has 0 aliphatic rings. The van der Waals surface area contributed by atoms with Gasteiger partial charge in [-0.1, -0.05) is 29.8 Å². The summed E-state index contributed by atoms with van der Waals surface area (Å²) in [5.74, 6) is -0.791. The molecular formula is C16H17NO3S. The summed E-state index contributed by atoms with van der Waals surface area (Å²) in [4.78, 5) is 23.4. The van der Waals surface area contributed by atoms with Gasteiger partial charge in [0.15, 0.2) is 6.61 Å². The molecular weight excluding hydrogens is 286 g/mol. The Bertz CT molecular complexity index is 605. The predicted molar refractivity (Wildman–Crippen MR) is 82.3 cm³/mol. The standard InChI is InChI=1S/C16H17NO3S/c1-11-3-5-13(6-4-11)12(2)17-15(18)9-20-16(19)14-7-8-21-10-14/h3-8,10,12H,9H2,1-2H3,(H,17,18). The molecule has 2 aromatic rings. The molecule has 1 unspecified atom stereocenters. The van der Waals surface area contributed by atoms with E-state index in [1.807, 2.05) is 38.1 Å². The van der Waals surface area contributed by atoms with Crippen LogP contribution in [0.3, 0.4) is 0 Å². The number of nitrogens with one attached hydrogen (secondary N) is 1. The van der Waals surface area contributed by atoms with Crippen molar-refractivity contribution in [3.05, 3.63) is 57.8 Å². The number of amides is 1. The number of benzene rings is 1. The Labute approximate surface area is 127 Å². The van der Waals surface area contributed by atoms with E-state index < -0.39 is 5.97 Å². The highest BCUT2D eigenvalue weighted by atomic mass is 32.1. The molecule has 110 valence electrons. The maximum absolute atomic E-state index is 11.8. The van der Waals surface area contributed by atoms with E-state index in [4.69, 9.17) is 4.74 Å². The van der Waals surface area contributed by atoms with Crippen LogP contribution < -0.4 is 5.32 Å². The lowest BCUT2D eigenvalue weighted by molar-refractivity contribution is -0.124. The minimum Gasteiger partial charge on any atom is -0.452 e. The fourth-order valence-corrected chi connectivity index (χ4v) is 2.44. The Morgan fingerprint density at radius 2 is 1.95 bits per heavy atom. The fourth-order valence-electron chi connectivity index (χ4n) is 1.82. The van der Waals surface area contributed by atoms with E-state index >= 15 is 0 Å². The summed E-state index contributed by atoms with van der Waals surface area (Å²) in [6.45, 7) is 3.63. The largest absolute Gasteiger partial charge is 0.452 e. The Morgan fingerprint density at radius 1 is 1.24 bits per heavy atom. The fraction of sp³-hybridized carbons (Fsp3) is 0.250. The van der Waals surface area contributed by atoms with Crippen LogP contribution in [0.25, 0.3) is 0 Å². The van der Waals surface area contributed by atoms with E-state index in [2.05, 4.69) is 5.32 Å². The summed E-state index contributed by atoms with van der Waals surface area (Å²) in [5.41, 5.74) is 2.65. The highest BCUT2D eigenvalue weighted by Gasteiger charge is 2.13. The number of ether oxygens (including phenoxy) is 1. The van der Waals surface area contributed by atoms with Crippen LogP contribution in [-0.2, 0) is 9.53 Å². The molecule has 1 atom stereocenters. The maximum atomic E-state index is 11.8. The van der Waals surface area contributed by atoms with Crippen molar-refractivity contribution in [3.8, 4) is 0 Å². The molecule has 0 saturated heterocycles. The second-order valence-corrected chi connectivity index (χ2v) is 5.57. The third-order valence-corrected chi connectivity index (χ3v) is 3.73. The van der Waals surface area contributed by atoms with Crippen LogP contribution in [0.2, 0.25) is 0 Å². The molecule has 0 aliphatic heterocycles. The van der Waals surface area contributed by atoms with Crippen LogP contribution in [0.4, 0.5) is 0 Å². The summed E-state index contributed by atoms with van der Waals surface area (Å²) in [6, 6.07) is 9.47. The van der Waals surface area contributed by atoms with E-state index in [1.54, 1.807) is 16.8 Å². The molecule has 0 spiro atoms. The Balaban J connectivity index is 1.81. The third kappa shape index (κ3) is 4.43. The minimum atomic E-state index is -0.477. The van der Waals surface area contributed by atoms with Gasteiger partial charge in [0.05, 0.1) is 11.6 Å². The number of rotatable bonds is 5. The highest BCUT2D eigenvalue weighted by Crippen LogP contribution is 2.13. The zero-order valence-electron chi connectivity index (χ0n) is 12.0. The van der Waals surface area contributed by atoms with Crippen LogP contribution in [0, 0.1) is 6.92 Å². The molecule has 1 aromatic heterocycles. The van der Waals surface area contributed by atoms with Crippen LogP contribution >= 0.6 is 11.3 Å². The molecule has 0 radical (unpaired) electrons. The SMILES string of the molecule is Cc1ccc(C(C)NC(=O)COC(=O)c2ccsc2)cc1. The number of carbonyl (C=O) groups excluding carboxylic acids is 2. The molecule has 5 heteroatoms. The molecule has 21 heavy (non-hydrogen) atoms. The molecule has 1 amide bonds. The molecule has 0 bridgehead atoms. The van der Waals surface area contributed by atoms with Gasteiger partial charge in [0.25, 0.3) is 5.91 Å². The van der Waals surface area contributed by atoms with E-state index in [9.17, 15) is 9.59 Å². The molecule has 0 saturated carbocycles. The van der Waals surface area contributed by atoms with Crippen molar-refractivity contribution in [1.29, 1.82) is 0 Å². The highest BCUT2D eigenvalue weighted by molar-refractivity contribution is 7.08. The molecule has 1 N–H and O–H groups in total. The quantitative estimate of drug-likeness (QED) is 0.864. The first-order valence-electron chi connectivity index (χ1n) is 6.61. The van der Waals surface area contributed by atoms with Crippen LogP contribution in [0.15, 0.2) is 41.1 Å². The van der Waals surface area contributed by atoms with Crippen LogP contribution in [0.5, 0.6) is 0 Å². The monoisotopic (exact) mass is 303 g/mol. The molecule has 4 nitrogen and oxygen atoms in total. The van der Waals surface area contributed by atoms with Gasteiger partial charge in [-0.15, -0.1) is 0 Å². The number of esters is 1. The Hall–Kier alpha value is -2.14. The molecule has 1 heterocycles. The van der Waals surface area contributed by atoms with Crippen LogP contribution in [0.1, 0.15) is 34.5 Å². The van der Waals surface area contributed by atoms with E-state index in [-0.39, 0.29) is 18.6 Å². The van der Waals surface area contributed by atoms with Gasteiger partial charge in [0, 0.05) is 5.38 Å². The van der Waals surface area contributed by atoms with Gasteiger partial charge in [-0.05, 0) is 30.9 Å². The second-order valence-electron chi connectivity index (χ2n) is 4.79. The number of thiophene rings is 1. The Kier molecular flexibility index (Phi) is 5.11. The first kappa shape index (κ1) is 15.3. The summed E-state index contributed by atoms with van der Waals surface area (Å²) < 4.78 is 4.96. The average Bonchev–Trinajstić information content (AvgIpc) is 2.99. The van der Waals surface area contributed by atoms with E-state index in [0.29, 0.717) is 5.56 Å². The van der Waals surface area contributed by atoms with Crippen molar-refractivity contribution in [2.45, 2.75) is 19.9 Å². The molecule has 0 fully saturated rings. The minimum absolute atomic E-state index is 0.127. The van der Waals surface area contributed by atoms with Crippen molar-refractivity contribution in [2.24, 2.45) is 0 Å². The third-order valence-electron chi connectivity index (χ3n) is 3.05. The van der Waals surface area contributed by atoms with Gasteiger partial charge < -0.3 is 10.1 Å². The summed E-state index contributed by atoms with van der Waals surface area (Å²) in [5, 5.41) is 6.28. The zero-order chi connectivity index (χ0) is 15.2. The van der Waals surface area contributed by atoms with Crippen molar-refractivity contribution in [1.82, 2.24) is 5.32 Å². The van der Waals surface area contributed by atoms with Crippen molar-refractivity contribution in [3.63, 3.8) is 0 Å². The first-order valence-corrected chi connectivity index (χ1v) is 7.56. The smallest absolute Gasteiger partial charge is 0.339 e. The van der Waals surface area contributed by atoms with Gasteiger partial charge in [0.1, 0.15) is 0 Å². The van der Waals surface area contributed by atoms with Gasteiger partial charge in [-0.3, -0.25) is 4.79 Å². The lowest BCUT2D eigenvalue weighted by Crippen LogP contribution is -2.31. The lowest BCUT2D eigenvalue weighted by atomic mass is 10.1. The number of hydrogen-bond acceptors (Lipinski definition) is 4. The summed E-state index contributed by atoms with van der Waals surface area (Å²) >= 11 is 1.41. The van der Waals surface area contributed by atoms with Crippen molar-refractivity contribution in [2.75, 3.05) is 6.61 Å². The maximum Gasteiger partial charge on any atom is 0.339 e. The molecule has 1 aromatic carbocycles. The van der Waals surface area contributed by atoms with Gasteiger partial charge >= 0.3 is 5.97 Å².